The Kier molecular flexibility index (Phi) is 4.79. The molecule has 0 aliphatic carbocycles. The molecule has 0 saturated carbocycles. The van der Waals surface area contributed by atoms with Gasteiger partial charge in [0.15, 0.2) is 0 Å². The molecule has 2 aromatic carbocycles. The van der Waals surface area contributed by atoms with E-state index in [0.717, 1.165) is 33.4 Å². The van der Waals surface area contributed by atoms with E-state index in [-0.39, 0.29) is 0 Å². The molecule has 0 unspecified atom stereocenters. The minimum atomic E-state index is 0.676. The van der Waals surface area contributed by atoms with Crippen molar-refractivity contribution in [2.45, 2.75) is 6.92 Å². The molecule has 3 rings (SSSR count). The van der Waals surface area contributed by atoms with E-state index in [0.29, 0.717) is 6.61 Å². The van der Waals surface area contributed by atoms with Crippen LogP contribution in [0.1, 0.15) is 18.3 Å². The molecule has 1 N–H and O–H groups in total. The third kappa shape index (κ3) is 4.02. The number of halogens is 1. The van der Waals surface area contributed by atoms with Crippen LogP contribution in [0.4, 0.5) is 0 Å². The second kappa shape index (κ2) is 7.16. The molecule has 0 spiro atoms. The van der Waals surface area contributed by atoms with Crippen LogP contribution in [0.5, 0.6) is 5.75 Å². The summed E-state index contributed by atoms with van der Waals surface area (Å²) in [7, 11) is 0. The fourth-order valence-corrected chi connectivity index (χ4v) is 2.34. The highest BCUT2D eigenvalue weighted by Crippen LogP contribution is 2.20. The van der Waals surface area contributed by atoms with Crippen LogP contribution in [0, 0.1) is 0 Å². The Labute approximate surface area is 140 Å². The fraction of sp³-hybridized carbons (Fsp3) is 0.105. The molecule has 3 aromatic rings. The van der Waals surface area contributed by atoms with Gasteiger partial charge in [-0.05, 0) is 48.4 Å². The number of rotatable bonds is 5. The zero-order valence-electron chi connectivity index (χ0n) is 12.8. The van der Waals surface area contributed by atoms with Crippen LogP contribution in [0.25, 0.3) is 23.4 Å². The molecule has 0 fully saturated rings. The number of nitrogens with one attached hydrogen (secondary N) is 1. The average molecular weight is 325 g/mol. The van der Waals surface area contributed by atoms with Crippen molar-refractivity contribution < 1.29 is 4.74 Å². The van der Waals surface area contributed by atoms with Gasteiger partial charge in [0.1, 0.15) is 11.6 Å². The van der Waals surface area contributed by atoms with Crippen LogP contribution in [0.3, 0.4) is 0 Å². The molecule has 0 aliphatic heterocycles. The summed E-state index contributed by atoms with van der Waals surface area (Å²) in [5, 5.41) is 0.726. The predicted molar refractivity (Wildman–Crippen MR) is 95.6 cm³/mol. The van der Waals surface area contributed by atoms with Gasteiger partial charge in [-0.25, -0.2) is 4.98 Å². The lowest BCUT2D eigenvalue weighted by Gasteiger charge is -2.02. The molecule has 1 heterocycles. The zero-order valence-corrected chi connectivity index (χ0v) is 13.5. The molecule has 3 nitrogen and oxygen atoms in total. The number of aromatic amines is 1. The lowest BCUT2D eigenvalue weighted by molar-refractivity contribution is 0.340. The van der Waals surface area contributed by atoms with E-state index in [1.807, 2.05) is 73.8 Å². The molecular formula is C19H17ClN2O. The first kappa shape index (κ1) is 15.4. The normalized spacial score (nSPS) is 11.0. The SMILES string of the molecule is CCOc1ccc(C=Cc2ncc(-c3ccc(Cl)cc3)[nH]2)cc1. The average Bonchev–Trinajstić information content (AvgIpc) is 3.04. The van der Waals surface area contributed by atoms with Gasteiger partial charge in [0, 0.05) is 5.02 Å². The Bertz CT molecular complexity index is 789. The molecule has 0 atom stereocenters. The maximum atomic E-state index is 5.91. The smallest absolute Gasteiger partial charge is 0.130 e. The van der Waals surface area contributed by atoms with E-state index in [1.54, 1.807) is 0 Å². The standard InChI is InChI=1S/C19H17ClN2O/c1-2-23-17-10-3-14(4-11-17)5-12-19-21-13-18(22-19)15-6-8-16(20)9-7-15/h3-13H,2H2,1H3,(H,21,22). The molecule has 23 heavy (non-hydrogen) atoms. The molecule has 0 radical (unpaired) electrons. The van der Waals surface area contributed by atoms with Gasteiger partial charge < -0.3 is 9.72 Å². The van der Waals surface area contributed by atoms with Crippen molar-refractivity contribution in [3.8, 4) is 17.0 Å². The lowest BCUT2D eigenvalue weighted by Crippen LogP contribution is -1.90. The van der Waals surface area contributed by atoms with E-state index in [1.165, 1.54) is 0 Å². The quantitative estimate of drug-likeness (QED) is 0.691. The summed E-state index contributed by atoms with van der Waals surface area (Å²) < 4.78 is 5.43. The van der Waals surface area contributed by atoms with Crippen molar-refractivity contribution in [3.05, 3.63) is 71.1 Å². The topological polar surface area (TPSA) is 37.9 Å². The van der Waals surface area contributed by atoms with Crippen LogP contribution in [-0.4, -0.2) is 16.6 Å². The monoisotopic (exact) mass is 324 g/mol. The molecular weight excluding hydrogens is 308 g/mol. The van der Waals surface area contributed by atoms with Gasteiger partial charge in [0.05, 0.1) is 18.5 Å². The van der Waals surface area contributed by atoms with Crippen molar-refractivity contribution in [2.24, 2.45) is 0 Å². The Balaban J connectivity index is 1.72. The highest BCUT2D eigenvalue weighted by molar-refractivity contribution is 6.30. The maximum Gasteiger partial charge on any atom is 0.130 e. The van der Waals surface area contributed by atoms with Gasteiger partial charge in [0.25, 0.3) is 0 Å². The predicted octanol–water partition coefficient (Wildman–Crippen LogP) is 5.30. The summed E-state index contributed by atoms with van der Waals surface area (Å²) in [5.74, 6) is 1.69. The number of hydrogen-bond donors (Lipinski definition) is 1. The van der Waals surface area contributed by atoms with Crippen LogP contribution < -0.4 is 4.74 Å². The van der Waals surface area contributed by atoms with Crippen molar-refractivity contribution >= 4 is 23.8 Å². The van der Waals surface area contributed by atoms with Gasteiger partial charge in [-0.2, -0.15) is 0 Å². The van der Waals surface area contributed by atoms with E-state index < -0.39 is 0 Å². The molecule has 1 aromatic heterocycles. The Morgan fingerprint density at radius 2 is 1.78 bits per heavy atom. The third-order valence-electron chi connectivity index (χ3n) is 3.38. The number of hydrogen-bond acceptors (Lipinski definition) is 2. The largest absolute Gasteiger partial charge is 0.494 e. The maximum absolute atomic E-state index is 5.91. The van der Waals surface area contributed by atoms with Gasteiger partial charge in [-0.3, -0.25) is 0 Å². The minimum absolute atomic E-state index is 0.676. The number of nitrogens with zero attached hydrogens (tertiary/aromatic N) is 1. The molecule has 0 saturated heterocycles. The van der Waals surface area contributed by atoms with Crippen LogP contribution in [0.2, 0.25) is 5.02 Å². The third-order valence-corrected chi connectivity index (χ3v) is 3.63. The summed E-state index contributed by atoms with van der Waals surface area (Å²) in [4.78, 5) is 7.66. The van der Waals surface area contributed by atoms with Crippen LogP contribution in [0.15, 0.2) is 54.7 Å². The second-order valence-electron chi connectivity index (χ2n) is 5.02. The van der Waals surface area contributed by atoms with E-state index in [2.05, 4.69) is 9.97 Å². The fourth-order valence-electron chi connectivity index (χ4n) is 2.21. The first-order chi connectivity index (χ1) is 11.2. The molecule has 0 amide bonds. The summed E-state index contributed by atoms with van der Waals surface area (Å²) in [6.07, 6.45) is 5.79. The number of aromatic nitrogens is 2. The van der Waals surface area contributed by atoms with Gasteiger partial charge >= 0.3 is 0 Å². The number of H-pyrrole nitrogens is 1. The number of ether oxygens (including phenoxy) is 1. The van der Waals surface area contributed by atoms with Gasteiger partial charge in [0.2, 0.25) is 0 Å². The van der Waals surface area contributed by atoms with E-state index in [9.17, 15) is 0 Å². The highest BCUT2D eigenvalue weighted by atomic mass is 35.5. The van der Waals surface area contributed by atoms with Crippen molar-refractivity contribution in [1.82, 2.24) is 9.97 Å². The second-order valence-corrected chi connectivity index (χ2v) is 5.46. The number of imidazole rings is 1. The first-order valence-electron chi connectivity index (χ1n) is 7.46. The molecule has 0 aliphatic rings. The minimum Gasteiger partial charge on any atom is -0.494 e. The van der Waals surface area contributed by atoms with E-state index in [4.69, 9.17) is 16.3 Å². The number of benzene rings is 2. The Morgan fingerprint density at radius 3 is 2.48 bits per heavy atom. The summed E-state index contributed by atoms with van der Waals surface area (Å²) in [5.41, 5.74) is 3.12. The Morgan fingerprint density at radius 1 is 1.04 bits per heavy atom. The van der Waals surface area contributed by atoms with Crippen molar-refractivity contribution in [3.63, 3.8) is 0 Å². The summed E-state index contributed by atoms with van der Waals surface area (Å²) >= 11 is 5.91. The van der Waals surface area contributed by atoms with Gasteiger partial charge in [-0.15, -0.1) is 0 Å². The summed E-state index contributed by atoms with van der Waals surface area (Å²) in [6, 6.07) is 15.6. The molecule has 4 heteroatoms. The molecule has 116 valence electrons. The van der Waals surface area contributed by atoms with Crippen molar-refractivity contribution in [1.29, 1.82) is 0 Å². The van der Waals surface area contributed by atoms with Gasteiger partial charge in [-0.1, -0.05) is 41.9 Å². The van der Waals surface area contributed by atoms with Crippen LogP contribution in [-0.2, 0) is 0 Å². The van der Waals surface area contributed by atoms with Crippen molar-refractivity contribution in [2.75, 3.05) is 6.61 Å². The van der Waals surface area contributed by atoms with Crippen LogP contribution >= 0.6 is 11.6 Å². The zero-order chi connectivity index (χ0) is 16.1. The first-order valence-corrected chi connectivity index (χ1v) is 7.84. The molecule has 0 bridgehead atoms. The Hall–Kier alpha value is -2.52. The summed E-state index contributed by atoms with van der Waals surface area (Å²) in [6.45, 7) is 2.65. The van der Waals surface area contributed by atoms with E-state index >= 15 is 0 Å². The lowest BCUT2D eigenvalue weighted by atomic mass is 10.2. The highest BCUT2D eigenvalue weighted by Gasteiger charge is 2.01.